The van der Waals surface area contributed by atoms with E-state index in [1.54, 1.807) is 24.4 Å². The second kappa shape index (κ2) is 9.19. The number of carbonyl (C=O) groups is 1. The van der Waals surface area contributed by atoms with Gasteiger partial charge in [-0.05, 0) is 61.9 Å². The third kappa shape index (κ3) is 5.69. The number of hydrogen-bond acceptors (Lipinski definition) is 5. The normalized spacial score (nSPS) is 10.6. The summed E-state index contributed by atoms with van der Waals surface area (Å²) in [4.78, 5) is 20.9. The van der Waals surface area contributed by atoms with Crippen LogP contribution in [0.1, 0.15) is 29.9 Å². The molecule has 0 aliphatic carbocycles. The molecule has 0 saturated carbocycles. The Morgan fingerprint density at radius 3 is 2.46 bits per heavy atom. The summed E-state index contributed by atoms with van der Waals surface area (Å²) >= 11 is 5.89. The van der Waals surface area contributed by atoms with Gasteiger partial charge in [-0.25, -0.2) is 9.97 Å². The van der Waals surface area contributed by atoms with Gasteiger partial charge in [0, 0.05) is 23.5 Å². The minimum Gasteiger partial charge on any atom is -0.491 e. The molecule has 3 rings (SSSR count). The Hall–Kier alpha value is -3.12. The number of aromatic nitrogens is 2. The molecule has 1 amide bonds. The fourth-order valence-electron chi connectivity index (χ4n) is 2.44. The lowest BCUT2D eigenvalue weighted by molar-refractivity contribution is 0.102. The molecule has 28 heavy (non-hydrogen) atoms. The van der Waals surface area contributed by atoms with E-state index in [9.17, 15) is 4.79 Å². The van der Waals surface area contributed by atoms with Gasteiger partial charge in [-0.3, -0.25) is 4.79 Å². The topological polar surface area (TPSA) is 76.1 Å². The van der Waals surface area contributed by atoms with E-state index in [0.717, 1.165) is 11.3 Å². The lowest BCUT2D eigenvalue weighted by Gasteiger charge is -2.11. The number of nitrogens with one attached hydrogen (secondary N) is 2. The Morgan fingerprint density at radius 2 is 1.79 bits per heavy atom. The Bertz CT molecular complexity index is 928. The first-order valence-corrected chi connectivity index (χ1v) is 9.27. The maximum atomic E-state index is 12.5. The number of hydrogen-bond donors (Lipinski definition) is 2. The van der Waals surface area contributed by atoms with Gasteiger partial charge < -0.3 is 15.4 Å². The van der Waals surface area contributed by atoms with Gasteiger partial charge in [0.05, 0.1) is 6.10 Å². The third-order valence-corrected chi connectivity index (χ3v) is 3.99. The van der Waals surface area contributed by atoms with Crippen molar-refractivity contribution in [3.05, 3.63) is 77.1 Å². The molecule has 144 valence electrons. The summed E-state index contributed by atoms with van der Waals surface area (Å²) in [7, 11) is 0. The molecule has 1 heterocycles. The summed E-state index contributed by atoms with van der Waals surface area (Å²) in [6, 6.07) is 16.2. The van der Waals surface area contributed by atoms with Crippen molar-refractivity contribution < 1.29 is 9.53 Å². The number of rotatable bonds is 7. The van der Waals surface area contributed by atoms with E-state index in [1.807, 2.05) is 50.2 Å². The highest BCUT2D eigenvalue weighted by atomic mass is 35.5. The largest absolute Gasteiger partial charge is 0.491 e. The minimum atomic E-state index is -0.311. The molecule has 0 atom stereocenters. The predicted molar refractivity (Wildman–Crippen MR) is 111 cm³/mol. The summed E-state index contributed by atoms with van der Waals surface area (Å²) in [5.41, 5.74) is 1.97. The Balaban J connectivity index is 1.60. The quantitative estimate of drug-likeness (QED) is 0.601. The van der Waals surface area contributed by atoms with Crippen molar-refractivity contribution in [3.8, 4) is 5.75 Å². The smallest absolute Gasteiger partial charge is 0.274 e. The van der Waals surface area contributed by atoms with Gasteiger partial charge >= 0.3 is 0 Å². The molecule has 0 saturated heterocycles. The number of anilines is 2. The summed E-state index contributed by atoms with van der Waals surface area (Å²) < 4.78 is 5.60. The fourth-order valence-corrected chi connectivity index (χ4v) is 2.56. The van der Waals surface area contributed by atoms with E-state index in [2.05, 4.69) is 20.6 Å². The monoisotopic (exact) mass is 396 g/mol. The second-order valence-corrected chi connectivity index (χ2v) is 6.83. The van der Waals surface area contributed by atoms with Crippen LogP contribution in [0.15, 0.2) is 60.8 Å². The highest BCUT2D eigenvalue weighted by Gasteiger charge is 2.10. The molecule has 0 spiro atoms. The van der Waals surface area contributed by atoms with E-state index in [-0.39, 0.29) is 17.7 Å². The van der Waals surface area contributed by atoms with E-state index in [1.165, 1.54) is 0 Å². The SMILES string of the molecule is CC(C)Oc1ccc(NC(=O)c2ccnc(NCc3ccc(Cl)cc3)n2)cc1. The molecule has 0 fully saturated rings. The molecule has 7 heteroatoms. The molecule has 0 radical (unpaired) electrons. The second-order valence-electron chi connectivity index (χ2n) is 6.39. The van der Waals surface area contributed by atoms with E-state index in [0.29, 0.717) is 23.2 Å². The first kappa shape index (κ1) is 19.6. The molecule has 2 N–H and O–H groups in total. The molecule has 2 aromatic carbocycles. The van der Waals surface area contributed by atoms with E-state index >= 15 is 0 Å². The van der Waals surface area contributed by atoms with Crippen LogP contribution in [0.2, 0.25) is 5.02 Å². The van der Waals surface area contributed by atoms with Crippen molar-refractivity contribution in [2.24, 2.45) is 0 Å². The molecule has 1 aromatic heterocycles. The number of benzene rings is 2. The maximum absolute atomic E-state index is 12.5. The van der Waals surface area contributed by atoms with Crippen LogP contribution in [0, 0.1) is 0 Å². The Morgan fingerprint density at radius 1 is 1.07 bits per heavy atom. The van der Waals surface area contributed by atoms with Gasteiger partial charge in [0.2, 0.25) is 5.95 Å². The molecule has 6 nitrogen and oxygen atoms in total. The van der Waals surface area contributed by atoms with Crippen molar-refractivity contribution in [2.45, 2.75) is 26.5 Å². The zero-order chi connectivity index (χ0) is 19.9. The molecule has 0 unspecified atom stereocenters. The first-order chi connectivity index (χ1) is 13.5. The van der Waals surface area contributed by atoms with Gasteiger partial charge in [0.15, 0.2) is 0 Å². The van der Waals surface area contributed by atoms with E-state index in [4.69, 9.17) is 16.3 Å². The van der Waals surface area contributed by atoms with Crippen LogP contribution in [0.4, 0.5) is 11.6 Å². The number of nitrogens with zero attached hydrogens (tertiary/aromatic N) is 2. The Kier molecular flexibility index (Phi) is 6.45. The van der Waals surface area contributed by atoms with Crippen LogP contribution in [-0.2, 0) is 6.54 Å². The number of ether oxygens (including phenoxy) is 1. The number of carbonyl (C=O) groups excluding carboxylic acids is 1. The first-order valence-electron chi connectivity index (χ1n) is 8.89. The molecule has 3 aromatic rings. The highest BCUT2D eigenvalue weighted by Crippen LogP contribution is 2.17. The Labute approximate surface area is 168 Å². The van der Waals surface area contributed by atoms with E-state index < -0.39 is 0 Å². The van der Waals surface area contributed by atoms with Gasteiger partial charge in [-0.1, -0.05) is 23.7 Å². The van der Waals surface area contributed by atoms with Gasteiger partial charge in [0.1, 0.15) is 11.4 Å². The van der Waals surface area contributed by atoms with Crippen molar-refractivity contribution in [1.82, 2.24) is 9.97 Å². The standard InChI is InChI=1S/C21H21ClN4O2/c1-14(2)28-18-9-7-17(8-10-18)25-20(27)19-11-12-23-21(26-19)24-13-15-3-5-16(22)6-4-15/h3-12,14H,13H2,1-2H3,(H,25,27)(H,23,24,26). The van der Waals surface area contributed by atoms with Gasteiger partial charge in [-0.2, -0.15) is 0 Å². The zero-order valence-corrected chi connectivity index (χ0v) is 16.4. The molecular formula is C21H21ClN4O2. The molecular weight excluding hydrogens is 376 g/mol. The zero-order valence-electron chi connectivity index (χ0n) is 15.6. The summed E-state index contributed by atoms with van der Waals surface area (Å²) in [5.74, 6) is 0.821. The number of amides is 1. The average Bonchev–Trinajstić information content (AvgIpc) is 2.69. The lowest BCUT2D eigenvalue weighted by Crippen LogP contribution is -2.15. The molecule has 0 aliphatic heterocycles. The predicted octanol–water partition coefficient (Wildman–Crippen LogP) is 4.78. The average molecular weight is 397 g/mol. The summed E-state index contributed by atoms with van der Waals surface area (Å²) in [6.45, 7) is 4.45. The van der Waals surface area contributed by atoms with Gasteiger partial charge in [0.25, 0.3) is 5.91 Å². The van der Waals surface area contributed by atoms with Crippen molar-refractivity contribution in [1.29, 1.82) is 0 Å². The van der Waals surface area contributed by atoms with Crippen LogP contribution < -0.4 is 15.4 Å². The summed E-state index contributed by atoms with van der Waals surface area (Å²) in [6.07, 6.45) is 1.64. The van der Waals surface area contributed by atoms with Gasteiger partial charge in [-0.15, -0.1) is 0 Å². The van der Waals surface area contributed by atoms with Crippen LogP contribution in [0.5, 0.6) is 5.75 Å². The summed E-state index contributed by atoms with van der Waals surface area (Å²) in [5, 5.41) is 6.60. The third-order valence-electron chi connectivity index (χ3n) is 3.74. The lowest BCUT2D eigenvalue weighted by atomic mass is 10.2. The van der Waals surface area contributed by atoms with Crippen LogP contribution in [0.25, 0.3) is 0 Å². The fraction of sp³-hybridized carbons (Fsp3) is 0.190. The maximum Gasteiger partial charge on any atom is 0.274 e. The van der Waals surface area contributed by atoms with Crippen molar-refractivity contribution in [3.63, 3.8) is 0 Å². The van der Waals surface area contributed by atoms with Crippen LogP contribution >= 0.6 is 11.6 Å². The van der Waals surface area contributed by atoms with Crippen LogP contribution in [-0.4, -0.2) is 22.0 Å². The van der Waals surface area contributed by atoms with Crippen molar-refractivity contribution in [2.75, 3.05) is 10.6 Å². The molecule has 0 bridgehead atoms. The van der Waals surface area contributed by atoms with Crippen LogP contribution in [0.3, 0.4) is 0 Å². The van der Waals surface area contributed by atoms with Crippen molar-refractivity contribution >= 4 is 29.1 Å². The highest BCUT2D eigenvalue weighted by molar-refractivity contribution is 6.30. The molecule has 0 aliphatic rings. The minimum absolute atomic E-state index is 0.0975. The number of halogens is 1.